The fourth-order valence-electron chi connectivity index (χ4n) is 2.80. The zero-order valence-electron chi connectivity index (χ0n) is 15.0. The Morgan fingerprint density at radius 1 is 1.15 bits per heavy atom. The molecule has 0 bridgehead atoms. The van der Waals surface area contributed by atoms with Gasteiger partial charge in [0, 0.05) is 16.1 Å². The summed E-state index contributed by atoms with van der Waals surface area (Å²) in [5.41, 5.74) is 2.73. The van der Waals surface area contributed by atoms with E-state index in [1.165, 1.54) is 0 Å². The molecule has 1 aromatic heterocycles. The molecule has 1 atom stereocenters. The van der Waals surface area contributed by atoms with E-state index < -0.39 is 5.97 Å². The van der Waals surface area contributed by atoms with Crippen LogP contribution >= 0.6 is 11.6 Å². The average Bonchev–Trinajstić information content (AvgIpc) is 2.65. The van der Waals surface area contributed by atoms with Gasteiger partial charge in [0.1, 0.15) is 0 Å². The molecule has 0 unspecified atom stereocenters. The number of pyridine rings is 1. The van der Waals surface area contributed by atoms with E-state index >= 15 is 0 Å². The second-order valence-corrected chi connectivity index (χ2v) is 6.68. The molecule has 3 aromatic rings. The zero-order valence-corrected chi connectivity index (χ0v) is 15.8. The number of para-hydroxylation sites is 1. The molecule has 2 aromatic carbocycles. The van der Waals surface area contributed by atoms with E-state index in [0.29, 0.717) is 27.2 Å². The quantitative estimate of drug-likeness (QED) is 0.670. The first kappa shape index (κ1) is 18.9. The lowest BCUT2D eigenvalue weighted by atomic mass is 10.1. The van der Waals surface area contributed by atoms with Gasteiger partial charge in [0.15, 0.2) is 6.61 Å². The lowest BCUT2D eigenvalue weighted by Crippen LogP contribution is -2.31. The number of nitrogens with one attached hydrogen (secondary N) is 1. The van der Waals surface area contributed by atoms with Crippen molar-refractivity contribution in [1.82, 2.24) is 10.3 Å². The lowest BCUT2D eigenvalue weighted by molar-refractivity contribution is -0.124. The van der Waals surface area contributed by atoms with Gasteiger partial charge in [-0.3, -0.25) is 9.78 Å². The molecule has 138 valence electrons. The maximum atomic E-state index is 12.5. The van der Waals surface area contributed by atoms with Gasteiger partial charge in [0.05, 0.1) is 17.1 Å². The van der Waals surface area contributed by atoms with Gasteiger partial charge < -0.3 is 10.1 Å². The smallest absolute Gasteiger partial charge is 0.339 e. The molecule has 1 N–H and O–H groups in total. The minimum Gasteiger partial charge on any atom is -0.452 e. The summed E-state index contributed by atoms with van der Waals surface area (Å²) in [5.74, 6) is -0.924. The van der Waals surface area contributed by atoms with E-state index in [4.69, 9.17) is 16.3 Å². The molecule has 3 rings (SSSR count). The Kier molecular flexibility index (Phi) is 5.72. The third-order valence-corrected chi connectivity index (χ3v) is 4.40. The number of amides is 1. The van der Waals surface area contributed by atoms with Crippen LogP contribution in [0.4, 0.5) is 0 Å². The second kappa shape index (κ2) is 8.18. The number of carbonyl (C=O) groups excluding carboxylic acids is 2. The van der Waals surface area contributed by atoms with Crippen LogP contribution < -0.4 is 5.32 Å². The van der Waals surface area contributed by atoms with Gasteiger partial charge in [0.25, 0.3) is 5.91 Å². The number of benzene rings is 2. The molecule has 1 amide bonds. The van der Waals surface area contributed by atoms with E-state index in [0.717, 1.165) is 5.56 Å². The largest absolute Gasteiger partial charge is 0.452 e. The highest BCUT2D eigenvalue weighted by atomic mass is 35.5. The Bertz CT molecular complexity index is 986. The number of aryl methyl sites for hydroxylation is 1. The third kappa shape index (κ3) is 4.63. The Morgan fingerprint density at radius 3 is 2.59 bits per heavy atom. The minimum atomic E-state index is -0.550. The first-order valence-corrected chi connectivity index (χ1v) is 8.90. The lowest BCUT2D eigenvalue weighted by Gasteiger charge is -2.15. The number of fused-ring (bicyclic) bond motifs is 1. The van der Waals surface area contributed by atoms with E-state index in [1.807, 2.05) is 44.2 Å². The Labute approximate surface area is 162 Å². The second-order valence-electron chi connectivity index (χ2n) is 6.25. The van der Waals surface area contributed by atoms with Crippen molar-refractivity contribution in [2.75, 3.05) is 6.61 Å². The summed E-state index contributed by atoms with van der Waals surface area (Å²) in [6.07, 6.45) is 0. The van der Waals surface area contributed by atoms with Crippen LogP contribution in [0, 0.1) is 6.92 Å². The number of aromatic nitrogens is 1. The van der Waals surface area contributed by atoms with Gasteiger partial charge >= 0.3 is 5.97 Å². The van der Waals surface area contributed by atoms with Crippen molar-refractivity contribution < 1.29 is 14.3 Å². The van der Waals surface area contributed by atoms with E-state index in [1.54, 1.807) is 24.3 Å². The zero-order chi connectivity index (χ0) is 19.4. The van der Waals surface area contributed by atoms with E-state index in [2.05, 4.69) is 10.3 Å². The SMILES string of the molecule is Cc1cc(C(=O)OCC(=O)N[C@H](C)c2ccc(Cl)cc2)c2ccccc2n1. The van der Waals surface area contributed by atoms with Crippen LogP contribution in [0.5, 0.6) is 0 Å². The number of ether oxygens (including phenoxy) is 1. The summed E-state index contributed by atoms with van der Waals surface area (Å²) in [7, 11) is 0. The number of nitrogens with zero attached hydrogens (tertiary/aromatic N) is 1. The van der Waals surface area contributed by atoms with Gasteiger partial charge in [-0.15, -0.1) is 0 Å². The molecule has 6 heteroatoms. The first-order chi connectivity index (χ1) is 12.9. The molecule has 0 saturated carbocycles. The molecule has 0 fully saturated rings. The molecule has 5 nitrogen and oxygen atoms in total. The summed E-state index contributed by atoms with van der Waals surface area (Å²) in [6.45, 7) is 3.30. The van der Waals surface area contributed by atoms with Gasteiger partial charge in [0.2, 0.25) is 0 Å². The highest BCUT2D eigenvalue weighted by Crippen LogP contribution is 2.19. The maximum Gasteiger partial charge on any atom is 0.339 e. The van der Waals surface area contributed by atoms with Gasteiger partial charge in [-0.2, -0.15) is 0 Å². The number of rotatable bonds is 5. The summed E-state index contributed by atoms with van der Waals surface area (Å²) in [5, 5.41) is 4.13. The number of carbonyl (C=O) groups is 2. The van der Waals surface area contributed by atoms with E-state index in [-0.39, 0.29) is 18.6 Å². The highest BCUT2D eigenvalue weighted by Gasteiger charge is 2.16. The molecule has 0 aliphatic heterocycles. The summed E-state index contributed by atoms with van der Waals surface area (Å²) < 4.78 is 5.21. The van der Waals surface area contributed by atoms with Crippen LogP contribution in [0.25, 0.3) is 10.9 Å². The predicted molar refractivity (Wildman–Crippen MR) is 105 cm³/mol. The maximum absolute atomic E-state index is 12.5. The molecule has 27 heavy (non-hydrogen) atoms. The van der Waals surface area contributed by atoms with Crippen molar-refractivity contribution in [3.8, 4) is 0 Å². The molecule has 0 aliphatic carbocycles. The van der Waals surface area contributed by atoms with Crippen molar-refractivity contribution in [1.29, 1.82) is 0 Å². The summed E-state index contributed by atoms with van der Waals surface area (Å²) in [6, 6.07) is 16.0. The molecule has 0 radical (unpaired) electrons. The Hall–Kier alpha value is -2.92. The third-order valence-electron chi connectivity index (χ3n) is 4.15. The van der Waals surface area contributed by atoms with Crippen LogP contribution in [0.15, 0.2) is 54.6 Å². The molecule has 1 heterocycles. The van der Waals surface area contributed by atoms with Crippen LogP contribution in [0.2, 0.25) is 5.02 Å². The van der Waals surface area contributed by atoms with Gasteiger partial charge in [-0.25, -0.2) is 4.79 Å². The summed E-state index contributed by atoms with van der Waals surface area (Å²) >= 11 is 5.87. The Balaban J connectivity index is 1.64. The standard InChI is InChI=1S/C21H19ClN2O3/c1-13-11-18(17-5-3-4-6-19(17)23-13)21(26)27-12-20(25)24-14(2)15-7-9-16(22)10-8-15/h3-11,14H,12H2,1-2H3,(H,24,25)/t14-/m1/s1. The van der Waals surface area contributed by atoms with Crippen molar-refractivity contribution in [3.63, 3.8) is 0 Å². The van der Waals surface area contributed by atoms with Crippen LogP contribution in [-0.4, -0.2) is 23.5 Å². The van der Waals surface area contributed by atoms with E-state index in [9.17, 15) is 9.59 Å². The normalized spacial score (nSPS) is 11.8. The number of hydrogen-bond donors (Lipinski definition) is 1. The Morgan fingerprint density at radius 2 is 1.85 bits per heavy atom. The number of hydrogen-bond acceptors (Lipinski definition) is 4. The molecular formula is C21H19ClN2O3. The first-order valence-electron chi connectivity index (χ1n) is 8.52. The van der Waals surface area contributed by atoms with Crippen LogP contribution in [0.3, 0.4) is 0 Å². The topological polar surface area (TPSA) is 68.3 Å². The summed E-state index contributed by atoms with van der Waals surface area (Å²) in [4.78, 5) is 29.0. The van der Waals surface area contributed by atoms with Gasteiger partial charge in [-0.1, -0.05) is 41.9 Å². The van der Waals surface area contributed by atoms with Gasteiger partial charge in [-0.05, 0) is 43.7 Å². The van der Waals surface area contributed by atoms with Crippen molar-refractivity contribution >= 4 is 34.4 Å². The fraction of sp³-hybridized carbons (Fsp3) is 0.190. The highest BCUT2D eigenvalue weighted by molar-refractivity contribution is 6.30. The fourth-order valence-corrected chi connectivity index (χ4v) is 2.93. The minimum absolute atomic E-state index is 0.225. The number of esters is 1. The van der Waals surface area contributed by atoms with Crippen molar-refractivity contribution in [2.45, 2.75) is 19.9 Å². The van der Waals surface area contributed by atoms with Crippen molar-refractivity contribution in [3.05, 3.63) is 76.4 Å². The molecule has 0 saturated heterocycles. The average molecular weight is 383 g/mol. The van der Waals surface area contributed by atoms with Crippen LogP contribution in [0.1, 0.15) is 34.6 Å². The predicted octanol–water partition coefficient (Wildman–Crippen LogP) is 4.23. The number of halogens is 1. The molecule has 0 spiro atoms. The van der Waals surface area contributed by atoms with Crippen LogP contribution in [-0.2, 0) is 9.53 Å². The molecule has 0 aliphatic rings. The molecular weight excluding hydrogens is 364 g/mol. The monoisotopic (exact) mass is 382 g/mol. The van der Waals surface area contributed by atoms with Crippen molar-refractivity contribution in [2.24, 2.45) is 0 Å².